The molecule has 1 aliphatic rings. The third kappa shape index (κ3) is 6.95. The number of amides is 2. The Labute approximate surface area is 243 Å². The number of halogens is 3. The Morgan fingerprint density at radius 1 is 1.00 bits per heavy atom. The van der Waals surface area contributed by atoms with E-state index in [4.69, 9.17) is 23.2 Å². The predicted octanol–water partition coefficient (Wildman–Crippen LogP) is 5.80. The number of carbonyl (C=O) groups excluding carboxylic acids is 2. The number of hydrogen-bond donors (Lipinski definition) is 1. The summed E-state index contributed by atoms with van der Waals surface area (Å²) in [6, 6.07) is 16.8. The molecule has 0 bridgehead atoms. The molecule has 1 fully saturated rings. The van der Waals surface area contributed by atoms with Crippen LogP contribution in [0.3, 0.4) is 0 Å². The second kappa shape index (κ2) is 13.0. The van der Waals surface area contributed by atoms with Gasteiger partial charge in [-0.2, -0.15) is 0 Å². The van der Waals surface area contributed by atoms with E-state index in [0.717, 1.165) is 30.0 Å². The molecule has 40 heavy (non-hydrogen) atoms. The maximum Gasteiger partial charge on any atom is 0.264 e. The van der Waals surface area contributed by atoms with E-state index in [2.05, 4.69) is 5.32 Å². The zero-order chi connectivity index (χ0) is 28.9. The first kappa shape index (κ1) is 29.8. The third-order valence-electron chi connectivity index (χ3n) is 6.95. The van der Waals surface area contributed by atoms with E-state index in [-0.39, 0.29) is 38.8 Å². The molecule has 0 radical (unpaired) electrons. The number of nitrogens with one attached hydrogen (secondary N) is 1. The summed E-state index contributed by atoms with van der Waals surface area (Å²) in [5.41, 5.74) is 0.190. The molecule has 1 unspecified atom stereocenters. The second-order valence-electron chi connectivity index (χ2n) is 9.70. The first-order chi connectivity index (χ1) is 19.1. The zero-order valence-corrected chi connectivity index (χ0v) is 24.2. The molecule has 0 saturated heterocycles. The highest BCUT2D eigenvalue weighted by molar-refractivity contribution is 7.92. The normalized spacial score (nSPS) is 14.5. The van der Waals surface area contributed by atoms with Crippen LogP contribution in [-0.2, 0) is 26.2 Å². The van der Waals surface area contributed by atoms with Crippen LogP contribution < -0.4 is 9.62 Å². The number of nitrogens with zero attached hydrogens (tertiary/aromatic N) is 2. The summed E-state index contributed by atoms with van der Waals surface area (Å²) in [7, 11) is -4.30. The number of rotatable bonds is 10. The van der Waals surface area contributed by atoms with E-state index in [1.54, 1.807) is 31.2 Å². The maximum atomic E-state index is 14.7. The smallest absolute Gasteiger partial charge is 0.264 e. The lowest BCUT2D eigenvalue weighted by atomic mass is 10.1. The summed E-state index contributed by atoms with van der Waals surface area (Å²) in [5.74, 6) is -1.65. The highest BCUT2D eigenvalue weighted by Crippen LogP contribution is 2.33. The minimum Gasteiger partial charge on any atom is -0.352 e. The SMILES string of the molecule is CC(C(=O)NC1CCCC1)N(Cc1ccccc1F)C(=O)CN(c1cc(Cl)ccc1Cl)S(=O)(=O)c1ccccc1. The number of sulfonamides is 1. The summed E-state index contributed by atoms with van der Waals surface area (Å²) >= 11 is 12.6. The van der Waals surface area contributed by atoms with Crippen LogP contribution in [0.25, 0.3) is 0 Å². The number of anilines is 1. The highest BCUT2D eigenvalue weighted by Gasteiger charge is 2.34. The van der Waals surface area contributed by atoms with Crippen molar-refractivity contribution in [3.63, 3.8) is 0 Å². The van der Waals surface area contributed by atoms with E-state index in [0.29, 0.717) is 0 Å². The summed E-state index contributed by atoms with van der Waals surface area (Å²) < 4.78 is 43.2. The zero-order valence-electron chi connectivity index (χ0n) is 21.9. The monoisotopic (exact) mass is 605 g/mol. The average Bonchev–Trinajstić information content (AvgIpc) is 3.45. The van der Waals surface area contributed by atoms with Gasteiger partial charge in [-0.05, 0) is 56.2 Å². The number of benzene rings is 3. The van der Waals surface area contributed by atoms with Gasteiger partial charge in [-0.15, -0.1) is 0 Å². The van der Waals surface area contributed by atoms with Crippen molar-refractivity contribution in [3.8, 4) is 0 Å². The van der Waals surface area contributed by atoms with Gasteiger partial charge in [0.05, 0.1) is 15.6 Å². The van der Waals surface area contributed by atoms with Crippen LogP contribution >= 0.6 is 23.2 Å². The minimum atomic E-state index is -4.30. The summed E-state index contributed by atoms with van der Waals surface area (Å²) in [4.78, 5) is 28.3. The van der Waals surface area contributed by atoms with Crippen molar-refractivity contribution < 1.29 is 22.4 Å². The van der Waals surface area contributed by atoms with Crippen molar-refractivity contribution in [1.29, 1.82) is 0 Å². The first-order valence-corrected chi connectivity index (χ1v) is 15.1. The van der Waals surface area contributed by atoms with Gasteiger partial charge in [-0.25, -0.2) is 12.8 Å². The van der Waals surface area contributed by atoms with Gasteiger partial charge in [0.2, 0.25) is 11.8 Å². The average molecular weight is 607 g/mol. The fourth-order valence-corrected chi connectivity index (χ4v) is 6.58. The molecule has 11 heteroatoms. The fraction of sp³-hybridized carbons (Fsp3) is 0.310. The Bertz CT molecular complexity index is 1470. The maximum absolute atomic E-state index is 14.7. The molecule has 2 amide bonds. The van der Waals surface area contributed by atoms with Crippen LogP contribution in [-0.4, -0.2) is 43.8 Å². The summed E-state index contributed by atoms with van der Waals surface area (Å²) in [6.07, 6.45) is 3.69. The van der Waals surface area contributed by atoms with E-state index >= 15 is 0 Å². The molecule has 7 nitrogen and oxygen atoms in total. The Balaban J connectivity index is 1.72. The van der Waals surface area contributed by atoms with Crippen LogP contribution in [0.4, 0.5) is 10.1 Å². The number of carbonyl (C=O) groups is 2. The van der Waals surface area contributed by atoms with Gasteiger partial charge >= 0.3 is 0 Å². The van der Waals surface area contributed by atoms with Gasteiger partial charge in [0, 0.05) is 23.2 Å². The summed E-state index contributed by atoms with van der Waals surface area (Å²) in [6.45, 7) is 0.603. The van der Waals surface area contributed by atoms with Crippen molar-refractivity contribution in [3.05, 3.63) is 94.2 Å². The molecule has 0 aliphatic heterocycles. The molecule has 0 aromatic heterocycles. The van der Waals surface area contributed by atoms with Gasteiger partial charge in [-0.3, -0.25) is 13.9 Å². The quantitative estimate of drug-likeness (QED) is 0.316. The lowest BCUT2D eigenvalue weighted by Gasteiger charge is -2.32. The van der Waals surface area contributed by atoms with Crippen molar-refractivity contribution in [2.45, 2.75) is 56.1 Å². The van der Waals surface area contributed by atoms with Gasteiger partial charge in [0.15, 0.2) is 0 Å². The Morgan fingerprint density at radius 2 is 1.65 bits per heavy atom. The second-order valence-corrected chi connectivity index (χ2v) is 12.4. The lowest BCUT2D eigenvalue weighted by molar-refractivity contribution is -0.139. The van der Waals surface area contributed by atoms with Crippen molar-refractivity contribution in [2.24, 2.45) is 0 Å². The van der Waals surface area contributed by atoms with E-state index < -0.39 is 40.2 Å². The van der Waals surface area contributed by atoms with Crippen molar-refractivity contribution in [1.82, 2.24) is 10.2 Å². The minimum absolute atomic E-state index is 0.000251. The van der Waals surface area contributed by atoms with Gasteiger partial charge in [0.1, 0.15) is 18.4 Å². The Morgan fingerprint density at radius 3 is 2.33 bits per heavy atom. The van der Waals surface area contributed by atoms with Crippen LogP contribution in [0.5, 0.6) is 0 Å². The molecule has 212 valence electrons. The first-order valence-electron chi connectivity index (χ1n) is 12.9. The molecule has 1 aliphatic carbocycles. The predicted molar refractivity (Wildman–Crippen MR) is 154 cm³/mol. The Hall–Kier alpha value is -3.14. The largest absolute Gasteiger partial charge is 0.352 e. The van der Waals surface area contributed by atoms with Crippen molar-refractivity contribution >= 4 is 50.7 Å². The van der Waals surface area contributed by atoms with E-state index in [1.165, 1.54) is 53.4 Å². The fourth-order valence-electron chi connectivity index (χ4n) is 4.69. The molecule has 0 spiro atoms. The van der Waals surface area contributed by atoms with Crippen LogP contribution in [0.2, 0.25) is 10.0 Å². The van der Waals surface area contributed by atoms with Gasteiger partial charge in [-0.1, -0.05) is 72.4 Å². The lowest BCUT2D eigenvalue weighted by Crippen LogP contribution is -2.52. The molecule has 3 aromatic carbocycles. The number of hydrogen-bond acceptors (Lipinski definition) is 4. The van der Waals surface area contributed by atoms with Gasteiger partial charge < -0.3 is 10.2 Å². The molecule has 4 rings (SSSR count). The van der Waals surface area contributed by atoms with E-state index in [1.807, 2.05) is 0 Å². The molecular formula is C29H30Cl2FN3O4S. The molecule has 0 heterocycles. The molecule has 1 atom stereocenters. The summed E-state index contributed by atoms with van der Waals surface area (Å²) in [5, 5.41) is 3.25. The standard InChI is InChI=1S/C29H30Cl2FN3O4S/c1-20(29(37)33-23-10-6-7-11-23)34(18-21-9-5-8-14-26(21)32)28(36)19-35(27-17-22(30)15-16-25(27)31)40(38,39)24-12-3-2-4-13-24/h2-5,8-9,12-17,20,23H,6-7,10-11,18-19H2,1H3,(H,33,37). The molecule has 1 N–H and O–H groups in total. The highest BCUT2D eigenvalue weighted by atomic mass is 35.5. The van der Waals surface area contributed by atoms with Crippen LogP contribution in [0.1, 0.15) is 38.2 Å². The molecule has 3 aromatic rings. The van der Waals surface area contributed by atoms with Crippen LogP contribution in [0, 0.1) is 5.82 Å². The van der Waals surface area contributed by atoms with Gasteiger partial charge in [0.25, 0.3) is 10.0 Å². The van der Waals surface area contributed by atoms with Crippen molar-refractivity contribution in [2.75, 3.05) is 10.8 Å². The topological polar surface area (TPSA) is 86.8 Å². The molecular weight excluding hydrogens is 576 g/mol. The van der Waals surface area contributed by atoms with E-state index in [9.17, 15) is 22.4 Å². The Kier molecular flexibility index (Phi) is 9.71. The molecule has 1 saturated carbocycles. The third-order valence-corrected chi connectivity index (χ3v) is 9.28. The van der Waals surface area contributed by atoms with Crippen LogP contribution in [0.15, 0.2) is 77.7 Å².